The molecular formula is C17H23NO4. The van der Waals surface area contributed by atoms with Gasteiger partial charge in [-0.15, -0.1) is 0 Å². The van der Waals surface area contributed by atoms with Gasteiger partial charge in [-0.3, -0.25) is 9.59 Å². The Labute approximate surface area is 131 Å². The number of carbonyl (C=O) groups is 2. The van der Waals surface area contributed by atoms with E-state index in [0.717, 1.165) is 18.6 Å². The van der Waals surface area contributed by atoms with Gasteiger partial charge >= 0.3 is 5.97 Å². The third-order valence-electron chi connectivity index (χ3n) is 3.51. The summed E-state index contributed by atoms with van der Waals surface area (Å²) in [5, 5.41) is 0. The molecular weight excluding hydrogens is 282 g/mol. The Bertz CT molecular complexity index is 520. The second-order valence-corrected chi connectivity index (χ2v) is 5.75. The van der Waals surface area contributed by atoms with Crippen LogP contribution >= 0.6 is 0 Å². The predicted octanol–water partition coefficient (Wildman–Crippen LogP) is 2.64. The van der Waals surface area contributed by atoms with Crippen LogP contribution < -0.4 is 4.74 Å². The lowest BCUT2D eigenvalue weighted by atomic mass is 10.2. The second-order valence-electron chi connectivity index (χ2n) is 5.75. The van der Waals surface area contributed by atoms with Crippen molar-refractivity contribution in [3.63, 3.8) is 0 Å². The molecule has 0 radical (unpaired) electrons. The maximum Gasteiger partial charge on any atom is 0.307 e. The predicted molar refractivity (Wildman–Crippen MR) is 82.9 cm³/mol. The minimum Gasteiger partial charge on any atom is -0.491 e. The van der Waals surface area contributed by atoms with Crippen molar-refractivity contribution in [2.24, 2.45) is 0 Å². The molecule has 120 valence electrons. The van der Waals surface area contributed by atoms with E-state index in [0.29, 0.717) is 12.1 Å². The number of methoxy groups -OCH3 is 1. The van der Waals surface area contributed by atoms with Crippen LogP contribution in [0.4, 0.5) is 0 Å². The van der Waals surface area contributed by atoms with Crippen LogP contribution in [0.2, 0.25) is 0 Å². The lowest BCUT2D eigenvalue weighted by Crippen LogP contribution is -2.35. The molecule has 1 aliphatic carbocycles. The van der Waals surface area contributed by atoms with Gasteiger partial charge in [-0.1, -0.05) is 0 Å². The molecule has 0 aromatic heterocycles. The van der Waals surface area contributed by atoms with Crippen molar-refractivity contribution in [2.75, 3.05) is 13.7 Å². The van der Waals surface area contributed by atoms with Crippen LogP contribution in [0.3, 0.4) is 0 Å². The van der Waals surface area contributed by atoms with Gasteiger partial charge in [-0.2, -0.15) is 0 Å². The minimum absolute atomic E-state index is 0.0394. The van der Waals surface area contributed by atoms with E-state index in [1.807, 2.05) is 13.8 Å². The number of benzene rings is 1. The lowest BCUT2D eigenvalue weighted by molar-refractivity contribution is -0.140. The molecule has 0 bridgehead atoms. The summed E-state index contributed by atoms with van der Waals surface area (Å²) >= 11 is 0. The highest BCUT2D eigenvalue weighted by molar-refractivity contribution is 5.95. The summed E-state index contributed by atoms with van der Waals surface area (Å²) in [7, 11) is 1.36. The molecule has 1 amide bonds. The monoisotopic (exact) mass is 305 g/mol. The Morgan fingerprint density at radius 2 is 1.86 bits per heavy atom. The number of hydrogen-bond donors (Lipinski definition) is 0. The fourth-order valence-corrected chi connectivity index (χ4v) is 2.26. The van der Waals surface area contributed by atoms with Crippen molar-refractivity contribution >= 4 is 11.9 Å². The molecule has 1 aromatic carbocycles. The minimum atomic E-state index is -0.292. The Morgan fingerprint density at radius 1 is 1.23 bits per heavy atom. The zero-order valence-electron chi connectivity index (χ0n) is 13.4. The Balaban J connectivity index is 2.02. The van der Waals surface area contributed by atoms with Gasteiger partial charge in [0.05, 0.1) is 19.6 Å². The topological polar surface area (TPSA) is 55.8 Å². The van der Waals surface area contributed by atoms with E-state index in [-0.39, 0.29) is 30.4 Å². The largest absolute Gasteiger partial charge is 0.491 e. The van der Waals surface area contributed by atoms with Crippen molar-refractivity contribution in [2.45, 2.75) is 45.3 Å². The molecule has 5 heteroatoms. The summed E-state index contributed by atoms with van der Waals surface area (Å²) in [6.45, 7) is 4.32. The molecule has 22 heavy (non-hydrogen) atoms. The molecule has 0 atom stereocenters. The molecule has 0 spiro atoms. The zero-order chi connectivity index (χ0) is 16.1. The number of esters is 1. The number of carbonyl (C=O) groups excluding carboxylic acids is 2. The number of ether oxygens (including phenoxy) is 2. The molecule has 0 heterocycles. The Kier molecular flexibility index (Phi) is 5.41. The van der Waals surface area contributed by atoms with Crippen molar-refractivity contribution in [3.05, 3.63) is 29.8 Å². The van der Waals surface area contributed by atoms with E-state index < -0.39 is 0 Å². The first-order valence-corrected chi connectivity index (χ1v) is 7.65. The fraction of sp³-hybridized carbons (Fsp3) is 0.529. The summed E-state index contributed by atoms with van der Waals surface area (Å²) in [5.74, 6) is 0.417. The molecule has 5 nitrogen and oxygen atoms in total. The summed E-state index contributed by atoms with van der Waals surface area (Å²) in [4.78, 5) is 25.7. The SMILES string of the molecule is COC(=O)CCN(C(=O)c1ccc(OC(C)C)cc1)C1CC1. The molecule has 0 saturated heterocycles. The van der Waals surface area contributed by atoms with Crippen LogP contribution in [0.5, 0.6) is 5.75 Å². The van der Waals surface area contributed by atoms with Crippen LogP contribution in [0.25, 0.3) is 0 Å². The highest BCUT2D eigenvalue weighted by Crippen LogP contribution is 2.28. The van der Waals surface area contributed by atoms with Crippen molar-refractivity contribution in [1.29, 1.82) is 0 Å². The van der Waals surface area contributed by atoms with Gasteiger partial charge in [0.15, 0.2) is 0 Å². The number of nitrogens with zero attached hydrogens (tertiary/aromatic N) is 1. The van der Waals surface area contributed by atoms with Gasteiger partial charge in [0, 0.05) is 18.2 Å². The molecule has 0 unspecified atom stereocenters. The zero-order valence-corrected chi connectivity index (χ0v) is 13.4. The number of amides is 1. The number of hydrogen-bond acceptors (Lipinski definition) is 4. The van der Waals surface area contributed by atoms with Gasteiger partial charge in [0.2, 0.25) is 0 Å². The van der Waals surface area contributed by atoms with Crippen molar-refractivity contribution < 1.29 is 19.1 Å². The van der Waals surface area contributed by atoms with E-state index in [4.69, 9.17) is 4.74 Å². The average molecular weight is 305 g/mol. The van der Waals surface area contributed by atoms with Gasteiger partial charge in [-0.25, -0.2) is 0 Å². The van der Waals surface area contributed by atoms with E-state index in [1.165, 1.54) is 7.11 Å². The van der Waals surface area contributed by atoms with Gasteiger partial charge in [0.1, 0.15) is 5.75 Å². The molecule has 2 rings (SSSR count). The normalized spacial score (nSPS) is 13.8. The van der Waals surface area contributed by atoms with Crippen molar-refractivity contribution in [3.8, 4) is 5.75 Å². The van der Waals surface area contributed by atoms with E-state index in [2.05, 4.69) is 4.74 Å². The van der Waals surface area contributed by atoms with Crippen LogP contribution in [0.1, 0.15) is 43.5 Å². The highest BCUT2D eigenvalue weighted by atomic mass is 16.5. The standard InChI is InChI=1S/C17H23NO4/c1-12(2)22-15-8-4-13(5-9-15)17(20)18(14-6-7-14)11-10-16(19)21-3/h4-5,8-9,12,14H,6-7,10-11H2,1-3H3. The van der Waals surface area contributed by atoms with E-state index in [9.17, 15) is 9.59 Å². The van der Waals surface area contributed by atoms with Gasteiger partial charge < -0.3 is 14.4 Å². The first-order chi connectivity index (χ1) is 10.5. The summed E-state index contributed by atoms with van der Waals surface area (Å²) in [6, 6.07) is 7.40. The Morgan fingerprint density at radius 3 is 2.36 bits per heavy atom. The Hall–Kier alpha value is -2.04. The number of rotatable bonds is 7. The van der Waals surface area contributed by atoms with Crippen LogP contribution in [0, 0.1) is 0 Å². The summed E-state index contributed by atoms with van der Waals surface area (Å²) in [6.07, 6.45) is 2.33. The highest BCUT2D eigenvalue weighted by Gasteiger charge is 2.33. The second kappa shape index (κ2) is 7.29. The summed E-state index contributed by atoms with van der Waals surface area (Å²) in [5.41, 5.74) is 0.618. The third kappa shape index (κ3) is 4.48. The van der Waals surface area contributed by atoms with Gasteiger partial charge in [0.25, 0.3) is 5.91 Å². The van der Waals surface area contributed by atoms with Crippen LogP contribution in [0.15, 0.2) is 24.3 Å². The van der Waals surface area contributed by atoms with Gasteiger partial charge in [-0.05, 0) is 51.0 Å². The van der Waals surface area contributed by atoms with E-state index >= 15 is 0 Å². The lowest BCUT2D eigenvalue weighted by Gasteiger charge is -2.22. The first-order valence-electron chi connectivity index (χ1n) is 7.65. The molecule has 1 fully saturated rings. The molecule has 1 saturated carbocycles. The maximum absolute atomic E-state index is 12.6. The smallest absolute Gasteiger partial charge is 0.307 e. The first kappa shape index (κ1) is 16.3. The van der Waals surface area contributed by atoms with Crippen molar-refractivity contribution in [1.82, 2.24) is 4.90 Å². The summed E-state index contributed by atoms with van der Waals surface area (Å²) < 4.78 is 10.2. The average Bonchev–Trinajstić information content (AvgIpc) is 3.32. The van der Waals surface area contributed by atoms with Crippen LogP contribution in [-0.2, 0) is 9.53 Å². The molecule has 1 aliphatic rings. The van der Waals surface area contributed by atoms with E-state index in [1.54, 1.807) is 29.2 Å². The third-order valence-corrected chi connectivity index (χ3v) is 3.51. The molecule has 0 aliphatic heterocycles. The molecule has 1 aromatic rings. The quantitative estimate of drug-likeness (QED) is 0.727. The molecule has 0 N–H and O–H groups in total. The van der Waals surface area contributed by atoms with Crippen LogP contribution in [-0.4, -0.2) is 42.6 Å². The maximum atomic E-state index is 12.6. The fourth-order valence-electron chi connectivity index (χ4n) is 2.26.